The van der Waals surface area contributed by atoms with Crippen molar-refractivity contribution in [3.05, 3.63) is 78.0 Å². The second-order valence-electron chi connectivity index (χ2n) is 12.1. The number of pyridine rings is 1. The van der Waals surface area contributed by atoms with Crippen LogP contribution in [0.15, 0.2) is 61.1 Å². The van der Waals surface area contributed by atoms with E-state index in [1.807, 2.05) is 6.20 Å². The van der Waals surface area contributed by atoms with Gasteiger partial charge in [0.1, 0.15) is 0 Å². The molecule has 1 saturated carbocycles. The number of halogens is 3. The third kappa shape index (κ3) is 6.93. The van der Waals surface area contributed by atoms with E-state index in [1.54, 1.807) is 37.7 Å². The molecule has 3 aliphatic rings. The highest BCUT2D eigenvalue weighted by molar-refractivity contribution is 5.83. The summed E-state index contributed by atoms with van der Waals surface area (Å²) in [6.45, 7) is 9.74. The number of amides is 1. The minimum Gasteiger partial charge on any atom is -0.378 e. The Hall–Kier alpha value is -3.37. The van der Waals surface area contributed by atoms with E-state index < -0.39 is 11.7 Å². The van der Waals surface area contributed by atoms with E-state index in [1.165, 1.54) is 18.6 Å². The zero-order valence-electron chi connectivity index (χ0n) is 23.7. The monoisotopic (exact) mass is 567 g/mol. The fourth-order valence-electron chi connectivity index (χ4n) is 5.79. The topological polar surface area (TPSA) is 71.5 Å². The molecule has 0 unspecified atom stereocenters. The van der Waals surface area contributed by atoms with E-state index in [2.05, 4.69) is 38.6 Å². The zero-order chi connectivity index (χ0) is 29.3. The Morgan fingerprint density at radius 2 is 1.78 bits per heavy atom. The van der Waals surface area contributed by atoms with Crippen LogP contribution in [0.1, 0.15) is 43.6 Å². The summed E-state index contributed by atoms with van der Waals surface area (Å²) < 4.78 is 42.3. The van der Waals surface area contributed by atoms with Crippen LogP contribution < -0.4 is 0 Å². The van der Waals surface area contributed by atoms with E-state index in [0.29, 0.717) is 29.2 Å². The van der Waals surface area contributed by atoms with Crippen LogP contribution in [0.4, 0.5) is 13.2 Å². The van der Waals surface area contributed by atoms with Crippen molar-refractivity contribution in [2.24, 2.45) is 16.7 Å². The first-order valence-corrected chi connectivity index (χ1v) is 13.9. The van der Waals surface area contributed by atoms with E-state index in [4.69, 9.17) is 4.74 Å². The third-order valence-electron chi connectivity index (χ3n) is 8.30. The van der Waals surface area contributed by atoms with Gasteiger partial charge in [-0.15, -0.1) is 0 Å². The van der Waals surface area contributed by atoms with Gasteiger partial charge in [0.15, 0.2) is 0 Å². The maximum Gasteiger partial charge on any atom is 0.416 e. The molecule has 10 heteroatoms. The average Bonchev–Trinajstić information content (AvgIpc) is 3.36. The average molecular weight is 568 g/mol. The summed E-state index contributed by atoms with van der Waals surface area (Å²) in [6.07, 6.45) is 3.26. The van der Waals surface area contributed by atoms with Crippen LogP contribution in [0.2, 0.25) is 0 Å². The van der Waals surface area contributed by atoms with Gasteiger partial charge in [0.05, 0.1) is 29.3 Å². The number of methoxy groups -OCH3 is 1. The number of carbonyl (C=O) groups excluding carboxylic acids is 1. The molecule has 6 rings (SSSR count). The lowest BCUT2D eigenvalue weighted by molar-refractivity contribution is -0.145. The first kappa shape index (κ1) is 29.1. The first-order valence-electron chi connectivity index (χ1n) is 13.9. The van der Waals surface area contributed by atoms with E-state index in [-0.39, 0.29) is 11.3 Å². The smallest absolute Gasteiger partial charge is 0.378 e. The Morgan fingerprint density at radius 3 is 2.39 bits per heavy atom. The number of rotatable bonds is 6. The van der Waals surface area contributed by atoms with Gasteiger partial charge in [-0.05, 0) is 49.1 Å². The van der Waals surface area contributed by atoms with Crippen molar-refractivity contribution >= 4 is 5.91 Å². The third-order valence-corrected chi connectivity index (χ3v) is 8.30. The minimum absolute atomic E-state index is 0.244. The van der Waals surface area contributed by atoms with Crippen molar-refractivity contribution in [3.63, 3.8) is 0 Å². The zero-order valence-corrected chi connectivity index (χ0v) is 23.7. The Kier molecular flexibility index (Phi) is 8.16. The molecule has 0 bridgehead atoms. The van der Waals surface area contributed by atoms with Crippen LogP contribution in [-0.2, 0) is 28.9 Å². The molecule has 0 N–H and O–H groups in total. The summed E-state index contributed by atoms with van der Waals surface area (Å²) in [5.41, 5.74) is 2.97. The second-order valence-corrected chi connectivity index (χ2v) is 12.1. The van der Waals surface area contributed by atoms with Crippen molar-refractivity contribution in [3.8, 4) is 11.3 Å². The SMILES string of the molecule is CC1(C)C[C@@H]1C(=O)N1CC2(CCN(Cc3cnccn3)C2)C1.COCc1cccc(-c2ccc(C(F)(F)F)cc2)n1. The standard InChI is InChI=1S/C17H24N4O.C14H12F3NO/c1-16(2)7-14(16)15(22)21-11-17(12-21)3-6-20(10-17)9-13-8-18-4-5-19-13;1-19-9-12-3-2-4-13(18-12)10-5-7-11(8-6-10)14(15,16)17/h4-5,8,14H,3,6-7,9-12H2,1-2H3;2-8H,9H2,1H3/t14-;/m1./s1. The lowest BCUT2D eigenvalue weighted by atomic mass is 9.78. The van der Waals surface area contributed by atoms with E-state index in [0.717, 1.165) is 62.7 Å². The van der Waals surface area contributed by atoms with Gasteiger partial charge in [0, 0.05) is 68.8 Å². The number of nitrogens with zero attached hydrogens (tertiary/aromatic N) is 5. The number of benzene rings is 1. The summed E-state index contributed by atoms with van der Waals surface area (Å²) in [5.74, 6) is 0.671. The van der Waals surface area contributed by atoms with Crippen LogP contribution in [0, 0.1) is 16.7 Å². The fraction of sp³-hybridized carbons (Fsp3) is 0.484. The molecule has 2 aliphatic heterocycles. The molecule has 1 atom stereocenters. The lowest BCUT2D eigenvalue weighted by Gasteiger charge is -2.48. The van der Waals surface area contributed by atoms with Gasteiger partial charge in [-0.1, -0.05) is 32.0 Å². The predicted molar refractivity (Wildman–Crippen MR) is 148 cm³/mol. The molecule has 2 aromatic heterocycles. The first-order chi connectivity index (χ1) is 19.5. The molecule has 3 aromatic rings. The maximum atomic E-state index is 12.5. The van der Waals surface area contributed by atoms with Crippen molar-refractivity contribution < 1.29 is 22.7 Å². The van der Waals surface area contributed by atoms with Crippen LogP contribution in [0.5, 0.6) is 0 Å². The summed E-state index contributed by atoms with van der Waals surface area (Å²) in [4.78, 5) is 29.8. The maximum absolute atomic E-state index is 12.5. The van der Waals surface area contributed by atoms with Crippen LogP contribution >= 0.6 is 0 Å². The second kappa shape index (κ2) is 11.5. The Balaban J connectivity index is 0.000000167. The lowest BCUT2D eigenvalue weighted by Crippen LogP contribution is -2.60. The van der Waals surface area contributed by atoms with Gasteiger partial charge in [0.2, 0.25) is 5.91 Å². The van der Waals surface area contributed by atoms with Gasteiger partial charge >= 0.3 is 6.18 Å². The number of hydrogen-bond acceptors (Lipinski definition) is 6. The van der Waals surface area contributed by atoms with Crippen molar-refractivity contribution in [2.75, 3.05) is 33.3 Å². The highest BCUT2D eigenvalue weighted by Crippen LogP contribution is 2.54. The van der Waals surface area contributed by atoms with Crippen molar-refractivity contribution in [1.29, 1.82) is 0 Å². The quantitative estimate of drug-likeness (QED) is 0.394. The number of likely N-dealkylation sites (tertiary alicyclic amines) is 2. The van der Waals surface area contributed by atoms with Gasteiger partial charge in [-0.3, -0.25) is 24.6 Å². The number of ether oxygens (including phenoxy) is 1. The molecular formula is C31H36F3N5O2. The van der Waals surface area contributed by atoms with Crippen LogP contribution in [0.25, 0.3) is 11.3 Å². The van der Waals surface area contributed by atoms with E-state index in [9.17, 15) is 18.0 Å². The minimum atomic E-state index is -4.32. The van der Waals surface area contributed by atoms with Gasteiger partial charge in [-0.25, -0.2) is 0 Å². The summed E-state index contributed by atoms with van der Waals surface area (Å²) in [7, 11) is 1.56. The Bertz CT molecular complexity index is 1340. The molecule has 2 saturated heterocycles. The molecule has 7 nitrogen and oxygen atoms in total. The fourth-order valence-corrected chi connectivity index (χ4v) is 5.79. The molecule has 0 radical (unpaired) electrons. The number of hydrogen-bond donors (Lipinski definition) is 0. The molecule has 41 heavy (non-hydrogen) atoms. The summed E-state index contributed by atoms with van der Waals surface area (Å²) in [6, 6.07) is 10.3. The largest absolute Gasteiger partial charge is 0.416 e. The molecule has 1 aliphatic carbocycles. The molecule has 3 fully saturated rings. The molecular weight excluding hydrogens is 531 g/mol. The molecule has 1 aromatic carbocycles. The molecule has 1 amide bonds. The molecule has 4 heterocycles. The van der Waals surface area contributed by atoms with Crippen molar-refractivity contribution in [1.82, 2.24) is 24.8 Å². The highest BCUT2D eigenvalue weighted by atomic mass is 19.4. The van der Waals surface area contributed by atoms with E-state index >= 15 is 0 Å². The number of carbonyl (C=O) groups is 1. The van der Waals surface area contributed by atoms with Crippen LogP contribution in [-0.4, -0.2) is 63.9 Å². The van der Waals surface area contributed by atoms with Crippen molar-refractivity contribution in [2.45, 2.75) is 46.0 Å². The predicted octanol–water partition coefficient (Wildman–Crippen LogP) is 5.47. The number of alkyl halides is 3. The highest BCUT2D eigenvalue weighted by Gasteiger charge is 2.56. The Morgan fingerprint density at radius 1 is 1.05 bits per heavy atom. The molecule has 1 spiro atoms. The van der Waals surface area contributed by atoms with Gasteiger partial charge in [-0.2, -0.15) is 13.2 Å². The Labute approximate surface area is 238 Å². The van der Waals surface area contributed by atoms with Gasteiger partial charge in [0.25, 0.3) is 0 Å². The normalized spacial score (nSPS) is 20.7. The van der Waals surface area contributed by atoms with Crippen LogP contribution in [0.3, 0.4) is 0 Å². The summed E-state index contributed by atoms with van der Waals surface area (Å²) in [5, 5.41) is 0. The summed E-state index contributed by atoms with van der Waals surface area (Å²) >= 11 is 0. The number of aromatic nitrogens is 3. The van der Waals surface area contributed by atoms with Gasteiger partial charge < -0.3 is 9.64 Å². The molecule has 218 valence electrons.